The minimum atomic E-state index is -0.0724. The monoisotopic (exact) mass is 270 g/mol. The second-order valence-electron chi connectivity index (χ2n) is 4.32. The van der Waals surface area contributed by atoms with Gasteiger partial charge in [0.2, 0.25) is 5.91 Å². The Morgan fingerprint density at radius 2 is 2.17 bits per heavy atom. The number of aryl methyl sites for hydroxylation is 1. The van der Waals surface area contributed by atoms with E-state index in [0.717, 1.165) is 12.8 Å². The highest BCUT2D eigenvalue weighted by molar-refractivity contribution is 6.29. The van der Waals surface area contributed by atoms with Gasteiger partial charge in [-0.3, -0.25) is 4.79 Å². The molecule has 1 aromatic rings. The number of carbonyl (C=O) groups excluding carboxylic acids is 1. The van der Waals surface area contributed by atoms with Crippen LogP contribution in [0.15, 0.2) is 6.07 Å². The number of hydrogen-bond donors (Lipinski definition) is 2. The third kappa shape index (κ3) is 5.31. The highest BCUT2D eigenvalue weighted by Crippen LogP contribution is 2.12. The summed E-state index contributed by atoms with van der Waals surface area (Å²) in [6, 6.07) is 1.74. The summed E-state index contributed by atoms with van der Waals surface area (Å²) in [5.41, 5.74) is 0. The van der Waals surface area contributed by atoms with Gasteiger partial charge in [-0.2, -0.15) is 0 Å². The molecule has 0 radical (unpaired) electrons. The number of amides is 1. The second kappa shape index (κ2) is 7.16. The van der Waals surface area contributed by atoms with Gasteiger partial charge >= 0.3 is 0 Å². The number of halogens is 1. The van der Waals surface area contributed by atoms with Gasteiger partial charge in [0.1, 0.15) is 16.8 Å². The SMILES string of the molecule is CCCc1nc(Cl)cc(NCC(=O)NC(C)C)n1. The van der Waals surface area contributed by atoms with E-state index < -0.39 is 0 Å². The number of carbonyl (C=O) groups is 1. The van der Waals surface area contributed by atoms with Crippen LogP contribution in [0.3, 0.4) is 0 Å². The van der Waals surface area contributed by atoms with Crippen molar-refractivity contribution < 1.29 is 4.79 Å². The minimum absolute atomic E-state index is 0.0724. The number of hydrogen-bond acceptors (Lipinski definition) is 4. The van der Waals surface area contributed by atoms with Gasteiger partial charge in [-0.15, -0.1) is 0 Å². The van der Waals surface area contributed by atoms with Crippen molar-refractivity contribution in [3.63, 3.8) is 0 Å². The van der Waals surface area contributed by atoms with Gasteiger partial charge in [0.25, 0.3) is 0 Å². The lowest BCUT2D eigenvalue weighted by atomic mass is 10.3. The molecule has 18 heavy (non-hydrogen) atoms. The Bertz CT molecular complexity index is 409. The van der Waals surface area contributed by atoms with E-state index >= 15 is 0 Å². The third-order valence-electron chi connectivity index (χ3n) is 2.09. The maximum Gasteiger partial charge on any atom is 0.239 e. The summed E-state index contributed by atoms with van der Waals surface area (Å²) < 4.78 is 0. The van der Waals surface area contributed by atoms with Crippen molar-refractivity contribution >= 4 is 23.3 Å². The van der Waals surface area contributed by atoms with Crippen LogP contribution in [0.4, 0.5) is 5.82 Å². The average molecular weight is 271 g/mol. The van der Waals surface area contributed by atoms with Crippen LogP contribution in [0.2, 0.25) is 5.15 Å². The summed E-state index contributed by atoms with van der Waals surface area (Å²) in [6.45, 7) is 6.06. The number of nitrogens with zero attached hydrogens (tertiary/aromatic N) is 2. The first-order valence-electron chi connectivity index (χ1n) is 6.08. The zero-order valence-electron chi connectivity index (χ0n) is 11.0. The van der Waals surface area contributed by atoms with Crippen molar-refractivity contribution in [2.75, 3.05) is 11.9 Å². The van der Waals surface area contributed by atoms with Crippen molar-refractivity contribution in [3.8, 4) is 0 Å². The van der Waals surface area contributed by atoms with E-state index in [1.807, 2.05) is 20.8 Å². The first kappa shape index (κ1) is 14.7. The van der Waals surface area contributed by atoms with E-state index in [9.17, 15) is 4.79 Å². The maximum atomic E-state index is 11.5. The number of nitrogens with one attached hydrogen (secondary N) is 2. The van der Waals surface area contributed by atoms with E-state index in [4.69, 9.17) is 11.6 Å². The summed E-state index contributed by atoms with van der Waals surface area (Å²) in [7, 11) is 0. The van der Waals surface area contributed by atoms with Crippen LogP contribution in [-0.2, 0) is 11.2 Å². The molecule has 1 rings (SSSR count). The number of anilines is 1. The molecule has 1 amide bonds. The zero-order chi connectivity index (χ0) is 13.5. The average Bonchev–Trinajstić information content (AvgIpc) is 2.25. The lowest BCUT2D eigenvalue weighted by molar-refractivity contribution is -0.119. The molecule has 0 saturated heterocycles. The molecule has 6 heteroatoms. The third-order valence-corrected chi connectivity index (χ3v) is 2.29. The van der Waals surface area contributed by atoms with Gasteiger partial charge in [-0.05, 0) is 20.3 Å². The molecule has 0 spiro atoms. The molecule has 0 bridgehead atoms. The maximum absolute atomic E-state index is 11.5. The lowest BCUT2D eigenvalue weighted by Gasteiger charge is -2.10. The Hall–Kier alpha value is -1.36. The smallest absolute Gasteiger partial charge is 0.239 e. The van der Waals surface area contributed by atoms with E-state index in [-0.39, 0.29) is 18.5 Å². The largest absolute Gasteiger partial charge is 0.361 e. The summed E-state index contributed by atoms with van der Waals surface area (Å²) >= 11 is 5.89. The molecule has 0 aliphatic rings. The van der Waals surface area contributed by atoms with Gasteiger partial charge in [0, 0.05) is 18.5 Å². The summed E-state index contributed by atoms with van der Waals surface area (Å²) in [5, 5.41) is 6.12. The highest BCUT2D eigenvalue weighted by Gasteiger charge is 2.06. The molecule has 5 nitrogen and oxygen atoms in total. The van der Waals surface area contributed by atoms with Crippen LogP contribution in [0.1, 0.15) is 33.0 Å². The zero-order valence-corrected chi connectivity index (χ0v) is 11.7. The fourth-order valence-electron chi connectivity index (χ4n) is 1.43. The van der Waals surface area contributed by atoms with Gasteiger partial charge < -0.3 is 10.6 Å². The lowest BCUT2D eigenvalue weighted by Crippen LogP contribution is -2.35. The van der Waals surface area contributed by atoms with E-state index in [0.29, 0.717) is 16.8 Å². The van der Waals surface area contributed by atoms with Crippen LogP contribution in [0, 0.1) is 0 Å². The molecule has 0 aliphatic carbocycles. The molecule has 0 atom stereocenters. The van der Waals surface area contributed by atoms with Crippen molar-refractivity contribution in [1.82, 2.24) is 15.3 Å². The normalized spacial score (nSPS) is 10.5. The van der Waals surface area contributed by atoms with E-state index in [1.54, 1.807) is 6.07 Å². The topological polar surface area (TPSA) is 66.9 Å². The quantitative estimate of drug-likeness (QED) is 0.776. The molecule has 0 aliphatic heterocycles. The molecular weight excluding hydrogens is 252 g/mol. The fraction of sp³-hybridized carbons (Fsp3) is 0.583. The predicted octanol–water partition coefficient (Wildman–Crippen LogP) is 2.02. The minimum Gasteiger partial charge on any atom is -0.361 e. The van der Waals surface area contributed by atoms with Crippen molar-refractivity contribution in [1.29, 1.82) is 0 Å². The Labute approximate surface area is 112 Å². The predicted molar refractivity (Wildman–Crippen MR) is 72.8 cm³/mol. The van der Waals surface area contributed by atoms with E-state index in [2.05, 4.69) is 20.6 Å². The van der Waals surface area contributed by atoms with Crippen molar-refractivity contribution in [3.05, 3.63) is 17.0 Å². The van der Waals surface area contributed by atoms with E-state index in [1.165, 1.54) is 0 Å². The summed E-state index contributed by atoms with van der Waals surface area (Å²) in [5.74, 6) is 1.20. The highest BCUT2D eigenvalue weighted by atomic mass is 35.5. The molecule has 0 saturated carbocycles. The van der Waals surface area contributed by atoms with Gasteiger partial charge in [0.05, 0.1) is 6.54 Å². The first-order chi connectivity index (χ1) is 8.51. The van der Waals surface area contributed by atoms with Crippen molar-refractivity contribution in [2.24, 2.45) is 0 Å². The second-order valence-corrected chi connectivity index (χ2v) is 4.71. The van der Waals surface area contributed by atoms with Gasteiger partial charge in [-0.25, -0.2) is 9.97 Å². The summed E-state index contributed by atoms with van der Waals surface area (Å²) in [6.07, 6.45) is 1.72. The molecular formula is C12H19ClN4O. The summed E-state index contributed by atoms with van der Waals surface area (Å²) in [4.78, 5) is 19.9. The van der Waals surface area contributed by atoms with Crippen LogP contribution >= 0.6 is 11.6 Å². The first-order valence-corrected chi connectivity index (χ1v) is 6.45. The van der Waals surface area contributed by atoms with Crippen LogP contribution in [0.25, 0.3) is 0 Å². The Balaban J connectivity index is 2.58. The Morgan fingerprint density at radius 1 is 1.44 bits per heavy atom. The Morgan fingerprint density at radius 3 is 2.78 bits per heavy atom. The van der Waals surface area contributed by atoms with Crippen LogP contribution in [0.5, 0.6) is 0 Å². The fourth-order valence-corrected chi connectivity index (χ4v) is 1.64. The Kier molecular flexibility index (Phi) is 5.85. The molecule has 0 fully saturated rings. The number of aromatic nitrogens is 2. The molecule has 0 unspecified atom stereocenters. The molecule has 1 heterocycles. The van der Waals surface area contributed by atoms with Crippen LogP contribution < -0.4 is 10.6 Å². The standard InChI is InChI=1S/C12H19ClN4O/c1-4-5-10-16-9(13)6-11(17-10)14-7-12(18)15-8(2)3/h6,8H,4-5,7H2,1-3H3,(H,15,18)(H,14,16,17). The number of rotatable bonds is 6. The van der Waals surface area contributed by atoms with Crippen LogP contribution in [-0.4, -0.2) is 28.5 Å². The molecule has 0 aromatic carbocycles. The van der Waals surface area contributed by atoms with Gasteiger partial charge in [-0.1, -0.05) is 18.5 Å². The molecule has 100 valence electrons. The van der Waals surface area contributed by atoms with Crippen molar-refractivity contribution in [2.45, 2.75) is 39.7 Å². The molecule has 2 N–H and O–H groups in total. The molecule has 1 aromatic heterocycles. The van der Waals surface area contributed by atoms with Gasteiger partial charge in [0.15, 0.2) is 0 Å².